The Hall–Kier alpha value is -1.43. The van der Waals surface area contributed by atoms with Gasteiger partial charge in [-0.05, 0) is 24.9 Å². The van der Waals surface area contributed by atoms with Crippen molar-refractivity contribution in [1.29, 1.82) is 0 Å². The Morgan fingerprint density at radius 2 is 1.62 bits per heavy atom. The number of hydrogen-bond donors (Lipinski definition) is 0. The Labute approximate surface area is 46.8 Å². The van der Waals surface area contributed by atoms with Crippen LogP contribution >= 0.6 is 0 Å². The molecule has 0 rings (SSSR count). The molecule has 40 valence electrons. The third-order valence-corrected chi connectivity index (χ3v) is 0.349. The van der Waals surface area contributed by atoms with Crippen molar-refractivity contribution in [1.82, 2.24) is 0 Å². The average molecular weight is 108 g/mol. The number of urea groups is 1. The summed E-state index contributed by atoms with van der Waals surface area (Å²) in [6.45, 7) is 6.12. The lowest BCUT2D eigenvalue weighted by Gasteiger charge is -1.68. The summed E-state index contributed by atoms with van der Waals surface area (Å²) in [5.74, 6) is 4.03. The van der Waals surface area contributed by atoms with Crippen molar-refractivity contribution in [3.8, 4) is 0 Å². The first-order valence-corrected chi connectivity index (χ1v) is 1.81. The van der Waals surface area contributed by atoms with Gasteiger partial charge < -0.3 is 0 Å². The van der Waals surface area contributed by atoms with Gasteiger partial charge in [0, 0.05) is 0 Å². The van der Waals surface area contributed by atoms with Gasteiger partial charge in [0.2, 0.25) is 0 Å². The monoisotopic (exact) mass is 108 g/mol. The second kappa shape index (κ2) is 3.75. The van der Waals surface area contributed by atoms with Gasteiger partial charge in [-0.3, -0.25) is 0 Å². The number of amides is 2. The van der Waals surface area contributed by atoms with Crippen LogP contribution in [0.15, 0.2) is 23.1 Å². The number of rotatable bonds is 0. The van der Waals surface area contributed by atoms with Gasteiger partial charge in [-0.25, -0.2) is 4.79 Å². The van der Waals surface area contributed by atoms with E-state index in [0.29, 0.717) is 0 Å². The van der Waals surface area contributed by atoms with E-state index in [-0.39, 0.29) is 0 Å². The smallest absolute Gasteiger partial charge is 0.242 e. The predicted molar refractivity (Wildman–Crippen MR) is 31.5 cm³/mol. The van der Waals surface area contributed by atoms with E-state index in [0.717, 1.165) is 0 Å². The van der Waals surface area contributed by atoms with E-state index in [1.54, 1.807) is 0 Å². The fourth-order valence-electron chi connectivity index (χ4n) is 0.160. The van der Waals surface area contributed by atoms with Crippen molar-refractivity contribution in [3.05, 3.63) is 13.2 Å². The third-order valence-electron chi connectivity index (χ3n) is 0.349. The first-order valence-electron chi connectivity index (χ1n) is 1.81. The van der Waals surface area contributed by atoms with E-state index < -0.39 is 6.03 Å². The van der Waals surface area contributed by atoms with E-state index in [4.69, 9.17) is 0 Å². The molecule has 3 heteroatoms. The van der Waals surface area contributed by atoms with Crippen molar-refractivity contribution in [2.24, 2.45) is 9.98 Å². The number of hydrogen-bond acceptors (Lipinski definition) is 1. The fourth-order valence-corrected chi connectivity index (χ4v) is 0.160. The maximum absolute atomic E-state index is 10.1. The Kier molecular flexibility index (Phi) is 3.08. The standard InChI is InChI=1S/C5H4N2O/c1-3-6-5(8)7-4-2/h1-2H2. The summed E-state index contributed by atoms with van der Waals surface area (Å²) in [6.07, 6.45) is 0. The summed E-state index contributed by atoms with van der Waals surface area (Å²) >= 11 is 0. The molecular formula is C5H4N2O. The van der Waals surface area contributed by atoms with Gasteiger partial charge in [0.05, 0.1) is 0 Å². The fraction of sp³-hybridized carbons (Fsp3) is 0. The highest BCUT2D eigenvalue weighted by Gasteiger charge is 1.83. The van der Waals surface area contributed by atoms with Crippen LogP contribution < -0.4 is 0 Å². The lowest BCUT2D eigenvalue weighted by Crippen LogP contribution is -1.78. The van der Waals surface area contributed by atoms with Crippen LogP contribution in [0.1, 0.15) is 0 Å². The summed E-state index contributed by atoms with van der Waals surface area (Å²) in [7, 11) is 0. The molecular weight excluding hydrogens is 104 g/mol. The van der Waals surface area contributed by atoms with Gasteiger partial charge in [-0.1, -0.05) is 0 Å². The molecule has 0 aliphatic heterocycles. The summed E-state index contributed by atoms with van der Waals surface area (Å²) in [5, 5.41) is 0. The van der Waals surface area contributed by atoms with Crippen molar-refractivity contribution < 1.29 is 4.79 Å². The molecule has 0 saturated heterocycles. The van der Waals surface area contributed by atoms with Crippen molar-refractivity contribution >= 4 is 17.8 Å². The third kappa shape index (κ3) is 2.79. The van der Waals surface area contributed by atoms with Crippen LogP contribution in [0.2, 0.25) is 0 Å². The van der Waals surface area contributed by atoms with Crippen LogP contribution in [0, 0.1) is 0 Å². The number of carbonyl (C=O) groups is 1. The second-order valence-corrected chi connectivity index (χ2v) is 0.822. The highest BCUT2D eigenvalue weighted by molar-refractivity contribution is 5.86. The van der Waals surface area contributed by atoms with Crippen LogP contribution in [-0.2, 0) is 0 Å². The van der Waals surface area contributed by atoms with Crippen LogP contribution in [0.25, 0.3) is 0 Å². The van der Waals surface area contributed by atoms with Gasteiger partial charge in [0.15, 0.2) is 0 Å². The molecule has 0 radical (unpaired) electrons. The maximum atomic E-state index is 10.1. The van der Waals surface area contributed by atoms with Crippen LogP contribution in [-0.4, -0.2) is 17.8 Å². The molecule has 0 spiro atoms. The molecule has 0 aromatic rings. The van der Waals surface area contributed by atoms with Gasteiger partial charge in [-0.2, -0.15) is 0 Å². The minimum Gasteiger partial charge on any atom is -0.242 e. The molecule has 0 N–H and O–H groups in total. The maximum Gasteiger partial charge on any atom is 0.383 e. The largest absolute Gasteiger partial charge is 0.383 e. The van der Waals surface area contributed by atoms with E-state index in [1.165, 1.54) is 0 Å². The van der Waals surface area contributed by atoms with Gasteiger partial charge in [0.1, 0.15) is 0 Å². The molecule has 8 heavy (non-hydrogen) atoms. The van der Waals surface area contributed by atoms with E-state index in [9.17, 15) is 4.79 Å². The zero-order valence-corrected chi connectivity index (χ0v) is 4.22. The Morgan fingerprint density at radius 1 is 1.25 bits per heavy atom. The molecule has 0 unspecified atom stereocenters. The van der Waals surface area contributed by atoms with Gasteiger partial charge >= 0.3 is 6.03 Å². The molecule has 3 nitrogen and oxygen atoms in total. The topological polar surface area (TPSA) is 41.8 Å². The predicted octanol–water partition coefficient (Wildman–Crippen LogP) is 0.818. The first-order chi connectivity index (χ1) is 3.81. The zero-order chi connectivity index (χ0) is 6.41. The number of carbonyl (C=O) groups excluding carboxylic acids is 1. The molecule has 0 atom stereocenters. The molecule has 0 bridgehead atoms. The number of nitrogens with zero attached hydrogens (tertiary/aromatic N) is 2. The lowest BCUT2D eigenvalue weighted by molar-refractivity contribution is 0.257. The van der Waals surface area contributed by atoms with E-state index in [2.05, 4.69) is 23.1 Å². The Balaban J connectivity index is 4.04. The minimum absolute atomic E-state index is 0.685. The molecule has 0 aromatic carbocycles. The minimum atomic E-state index is -0.685. The van der Waals surface area contributed by atoms with Crippen molar-refractivity contribution in [2.45, 2.75) is 0 Å². The molecule has 0 heterocycles. The lowest BCUT2D eigenvalue weighted by atomic mass is 11.0. The molecule has 0 aliphatic rings. The first kappa shape index (κ1) is 6.57. The number of aliphatic imine (C=N–C) groups is 2. The Morgan fingerprint density at radius 3 is 1.88 bits per heavy atom. The molecule has 0 fully saturated rings. The van der Waals surface area contributed by atoms with E-state index in [1.807, 2.05) is 11.7 Å². The van der Waals surface area contributed by atoms with Crippen LogP contribution in [0.4, 0.5) is 4.79 Å². The summed E-state index contributed by atoms with van der Waals surface area (Å²) < 4.78 is 0. The molecule has 0 saturated carbocycles. The van der Waals surface area contributed by atoms with Gasteiger partial charge in [0.25, 0.3) is 0 Å². The van der Waals surface area contributed by atoms with Crippen LogP contribution in [0.5, 0.6) is 0 Å². The van der Waals surface area contributed by atoms with Gasteiger partial charge in [-0.15, -0.1) is 9.98 Å². The van der Waals surface area contributed by atoms with E-state index >= 15 is 0 Å². The highest BCUT2D eigenvalue weighted by Crippen LogP contribution is 1.73. The average Bonchev–Trinajstić information content (AvgIpc) is 1.68. The van der Waals surface area contributed by atoms with Crippen molar-refractivity contribution in [3.63, 3.8) is 0 Å². The quantitative estimate of drug-likeness (QED) is 0.423. The van der Waals surface area contributed by atoms with Crippen LogP contribution in [0.3, 0.4) is 0 Å². The Bertz CT molecular complexity index is 163. The zero-order valence-electron chi connectivity index (χ0n) is 4.22. The van der Waals surface area contributed by atoms with Crippen molar-refractivity contribution in [2.75, 3.05) is 0 Å². The normalized spacial score (nSPS) is 6.00. The summed E-state index contributed by atoms with van der Waals surface area (Å²) in [6, 6.07) is -0.685. The molecule has 2 amide bonds. The SMILES string of the molecule is C=C=NC(=O)N=C=C. The molecule has 0 aliphatic carbocycles. The highest BCUT2D eigenvalue weighted by atomic mass is 16.2. The molecule has 0 aromatic heterocycles. The summed E-state index contributed by atoms with van der Waals surface area (Å²) in [4.78, 5) is 16.2. The summed E-state index contributed by atoms with van der Waals surface area (Å²) in [5.41, 5.74) is 0. The second-order valence-electron chi connectivity index (χ2n) is 0.822.